The lowest BCUT2D eigenvalue weighted by atomic mass is 9.96. The van der Waals surface area contributed by atoms with Gasteiger partial charge in [0.2, 0.25) is 5.91 Å². The normalized spacial score (nSPS) is 12.1. The number of carbonyl (C=O) groups excluding carboxylic acids is 1. The summed E-state index contributed by atoms with van der Waals surface area (Å²) in [4.78, 5) is 12.0. The Balaban J connectivity index is 1.83. The van der Waals surface area contributed by atoms with Crippen LogP contribution in [0.2, 0.25) is 0 Å². The SMILES string of the molecule is CC(C)[C@H](NCC(=O)NCc1ccccc1)c1ccccc1. The van der Waals surface area contributed by atoms with Gasteiger partial charge in [-0.15, -0.1) is 0 Å². The van der Waals surface area contributed by atoms with Crippen molar-refractivity contribution in [3.63, 3.8) is 0 Å². The quantitative estimate of drug-likeness (QED) is 0.823. The zero-order valence-corrected chi connectivity index (χ0v) is 13.3. The van der Waals surface area contributed by atoms with Crippen molar-refractivity contribution in [2.75, 3.05) is 6.54 Å². The van der Waals surface area contributed by atoms with E-state index in [0.29, 0.717) is 19.0 Å². The van der Waals surface area contributed by atoms with Crippen LogP contribution >= 0.6 is 0 Å². The molecule has 2 aromatic carbocycles. The van der Waals surface area contributed by atoms with Gasteiger partial charge in [-0.05, 0) is 17.0 Å². The first kappa shape index (κ1) is 16.2. The van der Waals surface area contributed by atoms with Gasteiger partial charge in [0.05, 0.1) is 6.54 Å². The minimum atomic E-state index is 0.0189. The average molecular weight is 296 g/mol. The maximum Gasteiger partial charge on any atom is 0.234 e. The van der Waals surface area contributed by atoms with Crippen LogP contribution in [0.5, 0.6) is 0 Å². The largest absolute Gasteiger partial charge is 0.351 e. The summed E-state index contributed by atoms with van der Waals surface area (Å²) in [5.41, 5.74) is 2.33. The fourth-order valence-electron chi connectivity index (χ4n) is 2.46. The highest BCUT2D eigenvalue weighted by Gasteiger charge is 2.15. The first-order valence-electron chi connectivity index (χ1n) is 7.76. The lowest BCUT2D eigenvalue weighted by Crippen LogP contribution is -2.37. The molecule has 0 aliphatic heterocycles. The molecule has 1 amide bonds. The maximum atomic E-state index is 12.0. The van der Waals surface area contributed by atoms with E-state index in [-0.39, 0.29) is 11.9 Å². The van der Waals surface area contributed by atoms with E-state index >= 15 is 0 Å². The molecular formula is C19H24N2O. The van der Waals surface area contributed by atoms with Gasteiger partial charge in [0.1, 0.15) is 0 Å². The number of carbonyl (C=O) groups is 1. The summed E-state index contributed by atoms with van der Waals surface area (Å²) in [6.07, 6.45) is 0. The molecule has 3 heteroatoms. The third-order valence-electron chi connectivity index (χ3n) is 3.64. The first-order valence-corrected chi connectivity index (χ1v) is 7.76. The Morgan fingerprint density at radius 3 is 2.14 bits per heavy atom. The first-order chi connectivity index (χ1) is 10.7. The topological polar surface area (TPSA) is 41.1 Å². The fourth-order valence-corrected chi connectivity index (χ4v) is 2.46. The lowest BCUT2D eigenvalue weighted by molar-refractivity contribution is -0.120. The highest BCUT2D eigenvalue weighted by molar-refractivity contribution is 5.78. The van der Waals surface area contributed by atoms with E-state index in [2.05, 4.69) is 36.6 Å². The van der Waals surface area contributed by atoms with Crippen LogP contribution in [0.4, 0.5) is 0 Å². The second-order valence-corrected chi connectivity index (χ2v) is 5.78. The van der Waals surface area contributed by atoms with Gasteiger partial charge in [-0.1, -0.05) is 74.5 Å². The molecule has 2 N–H and O–H groups in total. The van der Waals surface area contributed by atoms with Crippen molar-refractivity contribution in [1.82, 2.24) is 10.6 Å². The lowest BCUT2D eigenvalue weighted by Gasteiger charge is -2.22. The van der Waals surface area contributed by atoms with E-state index in [4.69, 9.17) is 0 Å². The Morgan fingerprint density at radius 1 is 0.955 bits per heavy atom. The number of amides is 1. The summed E-state index contributed by atoms with van der Waals surface area (Å²) in [5.74, 6) is 0.440. The fraction of sp³-hybridized carbons (Fsp3) is 0.316. The highest BCUT2D eigenvalue weighted by atomic mass is 16.1. The molecule has 2 aromatic rings. The number of benzene rings is 2. The summed E-state index contributed by atoms with van der Waals surface area (Å²) < 4.78 is 0. The Hall–Kier alpha value is -2.13. The molecule has 0 spiro atoms. The van der Waals surface area contributed by atoms with Gasteiger partial charge >= 0.3 is 0 Å². The molecule has 0 aliphatic rings. The van der Waals surface area contributed by atoms with Gasteiger partial charge in [-0.3, -0.25) is 4.79 Å². The van der Waals surface area contributed by atoms with Crippen LogP contribution in [0, 0.1) is 5.92 Å². The zero-order valence-electron chi connectivity index (χ0n) is 13.3. The van der Waals surface area contributed by atoms with Crippen LogP contribution in [0.3, 0.4) is 0 Å². The molecule has 0 radical (unpaired) electrons. The second kappa shape index (κ2) is 8.35. The zero-order chi connectivity index (χ0) is 15.8. The molecule has 0 heterocycles. The predicted octanol–water partition coefficient (Wildman–Crippen LogP) is 3.29. The van der Waals surface area contributed by atoms with Gasteiger partial charge in [-0.25, -0.2) is 0 Å². The second-order valence-electron chi connectivity index (χ2n) is 5.78. The van der Waals surface area contributed by atoms with Crippen molar-refractivity contribution >= 4 is 5.91 Å². The van der Waals surface area contributed by atoms with E-state index in [9.17, 15) is 4.79 Å². The molecule has 0 bridgehead atoms. The van der Waals surface area contributed by atoms with Crippen LogP contribution in [0.15, 0.2) is 60.7 Å². The highest BCUT2D eigenvalue weighted by Crippen LogP contribution is 2.20. The standard InChI is InChI=1S/C19H24N2O/c1-15(2)19(17-11-7-4-8-12-17)21-14-18(22)20-13-16-9-5-3-6-10-16/h3-12,15,19,21H,13-14H2,1-2H3,(H,20,22)/t19-/m0/s1. The van der Waals surface area contributed by atoms with E-state index in [1.165, 1.54) is 5.56 Å². The third kappa shape index (κ3) is 5.01. The van der Waals surface area contributed by atoms with Crippen LogP contribution < -0.4 is 10.6 Å². The molecule has 116 valence electrons. The Kier molecular flexibility index (Phi) is 6.16. The molecule has 1 atom stereocenters. The van der Waals surface area contributed by atoms with E-state index < -0.39 is 0 Å². The van der Waals surface area contributed by atoms with E-state index in [0.717, 1.165) is 5.56 Å². The maximum absolute atomic E-state index is 12.0. The van der Waals surface area contributed by atoms with Gasteiger partial charge in [0.15, 0.2) is 0 Å². The Morgan fingerprint density at radius 2 is 1.55 bits per heavy atom. The van der Waals surface area contributed by atoms with Gasteiger partial charge in [-0.2, -0.15) is 0 Å². The van der Waals surface area contributed by atoms with Crippen molar-refractivity contribution in [2.45, 2.75) is 26.4 Å². The molecule has 0 unspecified atom stereocenters. The molecule has 0 fully saturated rings. The summed E-state index contributed by atoms with van der Waals surface area (Å²) in [6, 6.07) is 20.4. The van der Waals surface area contributed by atoms with Crippen molar-refractivity contribution in [2.24, 2.45) is 5.92 Å². The molecule has 3 nitrogen and oxygen atoms in total. The number of rotatable bonds is 7. The van der Waals surface area contributed by atoms with Crippen molar-refractivity contribution in [3.8, 4) is 0 Å². The predicted molar refractivity (Wildman–Crippen MR) is 90.3 cm³/mol. The smallest absolute Gasteiger partial charge is 0.234 e. The summed E-state index contributed by atoms with van der Waals surface area (Å²) >= 11 is 0. The average Bonchev–Trinajstić information content (AvgIpc) is 2.55. The van der Waals surface area contributed by atoms with E-state index in [1.54, 1.807) is 0 Å². The molecule has 0 saturated heterocycles. The van der Waals surface area contributed by atoms with Crippen molar-refractivity contribution in [1.29, 1.82) is 0 Å². The minimum absolute atomic E-state index is 0.0189. The van der Waals surface area contributed by atoms with Crippen LogP contribution in [-0.2, 0) is 11.3 Å². The van der Waals surface area contributed by atoms with Crippen LogP contribution in [0.25, 0.3) is 0 Å². The van der Waals surface area contributed by atoms with E-state index in [1.807, 2.05) is 48.5 Å². The number of hydrogen-bond donors (Lipinski definition) is 2. The monoisotopic (exact) mass is 296 g/mol. The molecule has 0 aromatic heterocycles. The summed E-state index contributed by atoms with van der Waals surface area (Å²) in [5, 5.41) is 6.30. The van der Waals surface area contributed by atoms with Crippen molar-refractivity contribution < 1.29 is 4.79 Å². The Bertz CT molecular complexity index is 567. The molecule has 22 heavy (non-hydrogen) atoms. The van der Waals surface area contributed by atoms with Crippen molar-refractivity contribution in [3.05, 3.63) is 71.8 Å². The minimum Gasteiger partial charge on any atom is -0.351 e. The Labute approximate surface area is 132 Å². The molecule has 0 aliphatic carbocycles. The van der Waals surface area contributed by atoms with Crippen LogP contribution in [-0.4, -0.2) is 12.5 Å². The van der Waals surface area contributed by atoms with Gasteiger partial charge < -0.3 is 10.6 Å². The molecule has 0 saturated carbocycles. The summed E-state index contributed by atoms with van der Waals surface area (Å²) in [7, 11) is 0. The number of hydrogen-bond acceptors (Lipinski definition) is 2. The molecule has 2 rings (SSSR count). The molecular weight excluding hydrogens is 272 g/mol. The van der Waals surface area contributed by atoms with Gasteiger partial charge in [0, 0.05) is 12.6 Å². The van der Waals surface area contributed by atoms with Crippen LogP contribution in [0.1, 0.15) is 31.0 Å². The number of nitrogens with one attached hydrogen (secondary N) is 2. The van der Waals surface area contributed by atoms with Gasteiger partial charge in [0.25, 0.3) is 0 Å². The summed E-state index contributed by atoms with van der Waals surface area (Å²) in [6.45, 7) is 5.21. The third-order valence-corrected chi connectivity index (χ3v) is 3.64.